The number of hydrogen-bond acceptors (Lipinski definition) is 4. The van der Waals surface area contributed by atoms with Crippen molar-refractivity contribution in [1.29, 1.82) is 0 Å². The van der Waals surface area contributed by atoms with Crippen LogP contribution in [0.25, 0.3) is 0 Å². The van der Waals surface area contributed by atoms with Gasteiger partial charge in [0, 0.05) is 45.0 Å². The van der Waals surface area contributed by atoms with Crippen molar-refractivity contribution in [3.05, 3.63) is 53.7 Å². The molecule has 1 unspecified atom stereocenters. The molecule has 0 saturated carbocycles. The van der Waals surface area contributed by atoms with Gasteiger partial charge in [-0.15, -0.1) is 24.0 Å². The summed E-state index contributed by atoms with van der Waals surface area (Å²) in [4.78, 5) is 13.3. The molecule has 174 valence electrons. The molecular formula is C23H31F2IN6. The Balaban J connectivity index is 0.00000289. The Morgan fingerprint density at radius 2 is 1.88 bits per heavy atom. The molecular weight excluding hydrogens is 525 g/mol. The van der Waals surface area contributed by atoms with Crippen molar-refractivity contribution in [2.45, 2.75) is 38.8 Å². The van der Waals surface area contributed by atoms with Crippen LogP contribution in [0.1, 0.15) is 31.7 Å². The van der Waals surface area contributed by atoms with Gasteiger partial charge in [-0.1, -0.05) is 6.07 Å². The highest BCUT2D eigenvalue weighted by atomic mass is 127. The number of nitrogens with one attached hydrogen (secondary N) is 2. The second-order valence-corrected chi connectivity index (χ2v) is 8.06. The number of nitrogens with zero attached hydrogens (tertiary/aromatic N) is 4. The van der Waals surface area contributed by atoms with Gasteiger partial charge >= 0.3 is 0 Å². The molecule has 2 fully saturated rings. The van der Waals surface area contributed by atoms with E-state index in [1.54, 1.807) is 4.90 Å². The molecule has 2 aliphatic heterocycles. The number of rotatable bonds is 6. The van der Waals surface area contributed by atoms with Crippen molar-refractivity contribution in [3.8, 4) is 0 Å². The zero-order valence-corrected chi connectivity index (χ0v) is 20.7. The molecule has 2 N–H and O–H groups in total. The van der Waals surface area contributed by atoms with Crippen molar-refractivity contribution >= 4 is 41.4 Å². The van der Waals surface area contributed by atoms with Gasteiger partial charge in [-0.05, 0) is 56.0 Å². The first-order chi connectivity index (χ1) is 15.1. The van der Waals surface area contributed by atoms with Crippen molar-refractivity contribution in [3.63, 3.8) is 0 Å². The molecule has 2 aromatic rings. The monoisotopic (exact) mass is 556 g/mol. The zero-order valence-electron chi connectivity index (χ0n) is 18.4. The fourth-order valence-corrected chi connectivity index (χ4v) is 4.23. The molecule has 1 aromatic carbocycles. The van der Waals surface area contributed by atoms with Crippen molar-refractivity contribution in [2.24, 2.45) is 4.99 Å². The van der Waals surface area contributed by atoms with Crippen LogP contribution in [0.5, 0.6) is 0 Å². The fraction of sp³-hybridized carbons (Fsp3) is 0.478. The van der Waals surface area contributed by atoms with Gasteiger partial charge in [0.15, 0.2) is 5.96 Å². The van der Waals surface area contributed by atoms with E-state index < -0.39 is 11.6 Å². The number of aromatic nitrogens is 1. The lowest BCUT2D eigenvalue weighted by atomic mass is 10.2. The topological polar surface area (TPSA) is 55.8 Å². The minimum absolute atomic E-state index is 0. The third-order valence-electron chi connectivity index (χ3n) is 5.79. The number of para-hydroxylation sites is 1. The van der Waals surface area contributed by atoms with Gasteiger partial charge in [0.2, 0.25) is 0 Å². The highest BCUT2D eigenvalue weighted by Gasteiger charge is 2.27. The van der Waals surface area contributed by atoms with Gasteiger partial charge < -0.3 is 20.4 Å². The molecule has 6 nitrogen and oxygen atoms in total. The van der Waals surface area contributed by atoms with Crippen LogP contribution in [0.2, 0.25) is 0 Å². The maximum Gasteiger partial charge on any atom is 0.191 e. The van der Waals surface area contributed by atoms with Crippen LogP contribution in [0, 0.1) is 11.6 Å². The Morgan fingerprint density at radius 1 is 1.12 bits per heavy atom. The predicted molar refractivity (Wildman–Crippen MR) is 136 cm³/mol. The molecule has 4 rings (SSSR count). The summed E-state index contributed by atoms with van der Waals surface area (Å²) in [5.41, 5.74) is 1.16. The van der Waals surface area contributed by atoms with Crippen LogP contribution >= 0.6 is 24.0 Å². The molecule has 0 aliphatic carbocycles. The molecule has 1 atom stereocenters. The van der Waals surface area contributed by atoms with Gasteiger partial charge in [0.1, 0.15) is 23.1 Å². The summed E-state index contributed by atoms with van der Waals surface area (Å²) in [5.74, 6) is 0.685. The summed E-state index contributed by atoms with van der Waals surface area (Å²) in [6, 6.07) is 8.16. The van der Waals surface area contributed by atoms with Crippen LogP contribution in [0.15, 0.2) is 41.5 Å². The molecule has 0 radical (unpaired) electrons. The molecule has 0 spiro atoms. The summed E-state index contributed by atoms with van der Waals surface area (Å²) >= 11 is 0. The quantitative estimate of drug-likeness (QED) is 0.321. The lowest BCUT2D eigenvalue weighted by Crippen LogP contribution is -2.44. The summed E-state index contributed by atoms with van der Waals surface area (Å²) in [7, 11) is 0. The SMILES string of the molecule is CCNC(=NCc1ccnc(N2CCCC2)c1)NC1CCN(c2c(F)cccc2F)C1.I. The largest absolute Gasteiger partial charge is 0.365 e. The van der Waals surface area contributed by atoms with Crippen LogP contribution < -0.4 is 20.4 Å². The van der Waals surface area contributed by atoms with Crippen molar-refractivity contribution in [2.75, 3.05) is 42.5 Å². The van der Waals surface area contributed by atoms with Crippen molar-refractivity contribution < 1.29 is 8.78 Å². The van der Waals surface area contributed by atoms with Gasteiger partial charge in [-0.2, -0.15) is 0 Å². The van der Waals surface area contributed by atoms with Crippen LogP contribution in [-0.4, -0.2) is 49.7 Å². The highest BCUT2D eigenvalue weighted by Crippen LogP contribution is 2.26. The highest BCUT2D eigenvalue weighted by molar-refractivity contribution is 14.0. The molecule has 2 aliphatic rings. The maximum absolute atomic E-state index is 14.1. The van der Waals surface area contributed by atoms with E-state index in [0.717, 1.165) is 37.4 Å². The summed E-state index contributed by atoms with van der Waals surface area (Å²) in [5, 5.41) is 6.69. The second-order valence-electron chi connectivity index (χ2n) is 8.06. The lowest BCUT2D eigenvalue weighted by Gasteiger charge is -2.21. The number of halogens is 3. The Kier molecular flexibility index (Phi) is 8.89. The molecule has 0 bridgehead atoms. The van der Waals surface area contributed by atoms with Gasteiger partial charge in [-0.3, -0.25) is 0 Å². The Bertz CT molecular complexity index is 899. The van der Waals surface area contributed by atoms with E-state index in [-0.39, 0.29) is 35.7 Å². The first-order valence-corrected chi connectivity index (χ1v) is 11.1. The van der Waals surface area contributed by atoms with E-state index in [1.807, 2.05) is 19.2 Å². The minimum atomic E-state index is -0.521. The molecule has 9 heteroatoms. The molecule has 1 aromatic heterocycles. The number of anilines is 2. The third-order valence-corrected chi connectivity index (χ3v) is 5.79. The number of pyridine rings is 1. The first kappa shape index (κ1) is 24.5. The van der Waals surface area contributed by atoms with Crippen LogP contribution in [0.3, 0.4) is 0 Å². The van der Waals surface area contributed by atoms with E-state index in [4.69, 9.17) is 4.99 Å². The average molecular weight is 556 g/mol. The summed E-state index contributed by atoms with van der Waals surface area (Å²) < 4.78 is 28.2. The predicted octanol–water partition coefficient (Wildman–Crippen LogP) is 3.91. The van der Waals surface area contributed by atoms with E-state index in [0.29, 0.717) is 25.6 Å². The minimum Gasteiger partial charge on any atom is -0.365 e. The number of benzene rings is 1. The third kappa shape index (κ3) is 5.99. The summed E-state index contributed by atoms with van der Waals surface area (Å²) in [6.07, 6.45) is 5.06. The van der Waals surface area contributed by atoms with E-state index in [2.05, 4.69) is 26.6 Å². The van der Waals surface area contributed by atoms with E-state index in [1.165, 1.54) is 31.0 Å². The molecule has 32 heavy (non-hydrogen) atoms. The van der Waals surface area contributed by atoms with Gasteiger partial charge in [0.25, 0.3) is 0 Å². The molecule has 2 saturated heterocycles. The number of hydrogen-bond donors (Lipinski definition) is 2. The number of aliphatic imine (C=N–C) groups is 1. The Hall–Kier alpha value is -2.17. The number of guanidine groups is 1. The van der Waals surface area contributed by atoms with Crippen LogP contribution in [-0.2, 0) is 6.54 Å². The second kappa shape index (κ2) is 11.6. The van der Waals surface area contributed by atoms with E-state index in [9.17, 15) is 8.78 Å². The molecule has 0 amide bonds. The first-order valence-electron chi connectivity index (χ1n) is 11.1. The normalized spacial score (nSPS) is 18.6. The smallest absolute Gasteiger partial charge is 0.191 e. The standard InChI is InChI=1S/C23H30F2N6.HI/c1-2-26-23(28-15-17-8-10-27-21(14-17)30-11-3-4-12-30)29-18-9-13-31(16-18)22-19(24)6-5-7-20(22)25;/h5-8,10,14,18H,2-4,9,11-13,15-16H2,1H3,(H2,26,28,29);1H. The van der Waals surface area contributed by atoms with Crippen LogP contribution in [0.4, 0.5) is 20.3 Å². The average Bonchev–Trinajstić information content (AvgIpc) is 3.45. The summed E-state index contributed by atoms with van der Waals surface area (Å²) in [6.45, 7) is 6.53. The molecule has 3 heterocycles. The maximum atomic E-state index is 14.1. The van der Waals surface area contributed by atoms with Gasteiger partial charge in [-0.25, -0.2) is 18.8 Å². The van der Waals surface area contributed by atoms with Gasteiger partial charge in [0.05, 0.1) is 6.54 Å². The van der Waals surface area contributed by atoms with E-state index >= 15 is 0 Å². The Morgan fingerprint density at radius 3 is 2.59 bits per heavy atom. The van der Waals surface area contributed by atoms with Crippen molar-refractivity contribution in [1.82, 2.24) is 15.6 Å². The fourth-order valence-electron chi connectivity index (χ4n) is 4.23. The Labute approximate surface area is 205 Å². The lowest BCUT2D eigenvalue weighted by molar-refractivity contribution is 0.576. The zero-order chi connectivity index (χ0) is 21.6.